The third kappa shape index (κ3) is 3.20. The average molecular weight is 272 g/mol. The van der Waals surface area contributed by atoms with Crippen molar-refractivity contribution in [3.63, 3.8) is 0 Å². The molecule has 0 saturated heterocycles. The summed E-state index contributed by atoms with van der Waals surface area (Å²) in [6.45, 7) is 7.88. The fourth-order valence-corrected chi connectivity index (χ4v) is 1.86. The second-order valence-corrected chi connectivity index (χ2v) is 5.05. The topological polar surface area (TPSA) is 57.4 Å². The smallest absolute Gasteiger partial charge is 0.262 e. The summed E-state index contributed by atoms with van der Waals surface area (Å²) >= 11 is 0. The van der Waals surface area contributed by atoms with Crippen LogP contribution in [0, 0.1) is 13.8 Å². The van der Waals surface area contributed by atoms with Crippen molar-refractivity contribution >= 4 is 5.69 Å². The van der Waals surface area contributed by atoms with Crippen molar-refractivity contribution in [2.75, 3.05) is 5.73 Å². The first kappa shape index (κ1) is 14.2. The van der Waals surface area contributed by atoms with E-state index in [1.807, 2.05) is 52.0 Å². The van der Waals surface area contributed by atoms with E-state index in [4.69, 9.17) is 15.2 Å². The van der Waals surface area contributed by atoms with Crippen molar-refractivity contribution in [2.45, 2.75) is 33.8 Å². The lowest BCUT2D eigenvalue weighted by molar-refractivity contribution is 0.231. The number of hydrogen-bond donors (Lipinski definition) is 1. The zero-order chi connectivity index (χ0) is 14.7. The summed E-state index contributed by atoms with van der Waals surface area (Å²) in [6, 6.07) is 7.48. The molecule has 106 valence electrons. The summed E-state index contributed by atoms with van der Waals surface area (Å²) in [5.41, 5.74) is 8.68. The number of ether oxygens (including phenoxy) is 2. The van der Waals surface area contributed by atoms with Crippen molar-refractivity contribution in [3.8, 4) is 17.4 Å². The van der Waals surface area contributed by atoms with Gasteiger partial charge in [0.05, 0.1) is 6.10 Å². The van der Waals surface area contributed by atoms with E-state index in [1.54, 1.807) is 6.20 Å². The van der Waals surface area contributed by atoms with E-state index in [9.17, 15) is 0 Å². The Morgan fingerprint density at radius 2 is 1.85 bits per heavy atom. The lowest BCUT2D eigenvalue weighted by Gasteiger charge is -2.15. The number of rotatable bonds is 4. The highest BCUT2D eigenvalue weighted by Gasteiger charge is 2.11. The third-order valence-corrected chi connectivity index (χ3v) is 2.87. The van der Waals surface area contributed by atoms with Crippen LogP contribution < -0.4 is 15.2 Å². The number of hydrogen-bond acceptors (Lipinski definition) is 4. The highest BCUT2D eigenvalue weighted by atomic mass is 16.5. The summed E-state index contributed by atoms with van der Waals surface area (Å²) in [6.07, 6.45) is 1.74. The van der Waals surface area contributed by atoms with Crippen LogP contribution in [-0.2, 0) is 0 Å². The summed E-state index contributed by atoms with van der Waals surface area (Å²) in [5, 5.41) is 0. The maximum absolute atomic E-state index is 5.93. The zero-order valence-electron chi connectivity index (χ0n) is 12.3. The Morgan fingerprint density at radius 3 is 2.55 bits per heavy atom. The van der Waals surface area contributed by atoms with Crippen LogP contribution in [0.5, 0.6) is 17.4 Å². The molecule has 4 nitrogen and oxygen atoms in total. The van der Waals surface area contributed by atoms with Crippen LogP contribution in [0.2, 0.25) is 0 Å². The minimum Gasteiger partial charge on any atom is -0.485 e. The molecule has 2 N–H and O–H groups in total. The third-order valence-electron chi connectivity index (χ3n) is 2.87. The molecule has 0 bridgehead atoms. The molecule has 2 rings (SSSR count). The van der Waals surface area contributed by atoms with Crippen molar-refractivity contribution in [2.24, 2.45) is 0 Å². The van der Waals surface area contributed by atoms with E-state index >= 15 is 0 Å². The standard InChI is InChI=1S/C16H20N2O2/c1-10(2)19-14-6-5-7-18-16(14)20-15-9-13(17)11(3)8-12(15)4/h5-10H,17H2,1-4H3. The molecule has 20 heavy (non-hydrogen) atoms. The van der Waals surface area contributed by atoms with E-state index < -0.39 is 0 Å². The number of nitrogen functional groups attached to an aromatic ring is 1. The molecule has 1 heterocycles. The Bertz CT molecular complexity index is 609. The second kappa shape index (κ2) is 5.82. The predicted octanol–water partition coefficient (Wildman–Crippen LogP) is 3.86. The first-order valence-corrected chi connectivity index (χ1v) is 6.63. The van der Waals surface area contributed by atoms with Gasteiger partial charge in [-0.15, -0.1) is 0 Å². The minimum absolute atomic E-state index is 0.0609. The molecule has 0 amide bonds. The van der Waals surface area contributed by atoms with Gasteiger partial charge in [0.1, 0.15) is 5.75 Å². The quantitative estimate of drug-likeness (QED) is 0.859. The van der Waals surface area contributed by atoms with Gasteiger partial charge in [-0.1, -0.05) is 6.07 Å². The second-order valence-electron chi connectivity index (χ2n) is 5.05. The molecule has 0 aliphatic rings. The van der Waals surface area contributed by atoms with Gasteiger partial charge < -0.3 is 15.2 Å². The monoisotopic (exact) mass is 272 g/mol. The summed E-state index contributed by atoms with van der Waals surface area (Å²) in [4.78, 5) is 4.23. The molecule has 1 aromatic heterocycles. The Balaban J connectivity index is 2.33. The van der Waals surface area contributed by atoms with E-state index in [1.165, 1.54) is 0 Å². The van der Waals surface area contributed by atoms with E-state index in [0.717, 1.165) is 11.1 Å². The molecule has 0 saturated carbocycles. The van der Waals surface area contributed by atoms with Crippen LogP contribution >= 0.6 is 0 Å². The number of anilines is 1. The summed E-state index contributed by atoms with van der Waals surface area (Å²) < 4.78 is 11.6. The van der Waals surface area contributed by atoms with Gasteiger partial charge >= 0.3 is 0 Å². The fourth-order valence-electron chi connectivity index (χ4n) is 1.86. The van der Waals surface area contributed by atoms with Gasteiger partial charge in [-0.2, -0.15) is 0 Å². The maximum Gasteiger partial charge on any atom is 0.262 e. The average Bonchev–Trinajstić information content (AvgIpc) is 2.37. The van der Waals surface area contributed by atoms with Crippen molar-refractivity contribution < 1.29 is 9.47 Å². The highest BCUT2D eigenvalue weighted by molar-refractivity contribution is 5.55. The van der Waals surface area contributed by atoms with E-state index in [-0.39, 0.29) is 6.10 Å². The summed E-state index contributed by atoms with van der Waals surface area (Å²) in [7, 11) is 0. The van der Waals surface area contributed by atoms with Gasteiger partial charge in [0.25, 0.3) is 5.88 Å². The molecule has 0 atom stereocenters. The van der Waals surface area contributed by atoms with Gasteiger partial charge in [-0.3, -0.25) is 0 Å². The van der Waals surface area contributed by atoms with Crippen molar-refractivity contribution in [1.29, 1.82) is 0 Å². The van der Waals surface area contributed by atoms with Crippen LogP contribution in [0.15, 0.2) is 30.5 Å². The molecule has 0 aliphatic heterocycles. The van der Waals surface area contributed by atoms with Crippen LogP contribution in [0.1, 0.15) is 25.0 Å². The normalized spacial score (nSPS) is 10.7. The van der Waals surface area contributed by atoms with E-state index in [2.05, 4.69) is 4.98 Å². The van der Waals surface area contributed by atoms with Gasteiger partial charge in [0.2, 0.25) is 0 Å². The van der Waals surface area contributed by atoms with Gasteiger partial charge in [0.15, 0.2) is 5.75 Å². The number of nitrogens with zero attached hydrogens (tertiary/aromatic N) is 1. The highest BCUT2D eigenvalue weighted by Crippen LogP contribution is 2.33. The van der Waals surface area contributed by atoms with Crippen molar-refractivity contribution in [3.05, 3.63) is 41.6 Å². The molecule has 0 radical (unpaired) electrons. The fraction of sp³-hybridized carbons (Fsp3) is 0.312. The first-order valence-electron chi connectivity index (χ1n) is 6.63. The Kier molecular flexibility index (Phi) is 4.13. The maximum atomic E-state index is 5.93. The molecule has 2 aromatic rings. The van der Waals surface area contributed by atoms with Crippen LogP contribution in [-0.4, -0.2) is 11.1 Å². The Labute approximate surface area is 119 Å². The number of pyridine rings is 1. The molecular formula is C16H20N2O2. The Morgan fingerprint density at radius 1 is 1.10 bits per heavy atom. The SMILES string of the molecule is Cc1cc(C)c(Oc2ncccc2OC(C)C)cc1N. The van der Waals surface area contributed by atoms with E-state index in [0.29, 0.717) is 23.1 Å². The van der Waals surface area contributed by atoms with Gasteiger partial charge in [-0.25, -0.2) is 4.98 Å². The molecule has 0 unspecified atom stereocenters. The minimum atomic E-state index is 0.0609. The van der Waals surface area contributed by atoms with Crippen LogP contribution in [0.4, 0.5) is 5.69 Å². The lowest BCUT2D eigenvalue weighted by atomic mass is 10.1. The van der Waals surface area contributed by atoms with Crippen molar-refractivity contribution in [1.82, 2.24) is 4.98 Å². The molecular weight excluding hydrogens is 252 g/mol. The molecule has 0 fully saturated rings. The molecule has 4 heteroatoms. The van der Waals surface area contributed by atoms with Crippen LogP contribution in [0.3, 0.4) is 0 Å². The first-order chi connectivity index (χ1) is 9.47. The van der Waals surface area contributed by atoms with Gasteiger partial charge in [0, 0.05) is 18.0 Å². The summed E-state index contributed by atoms with van der Waals surface area (Å²) in [5.74, 6) is 1.77. The largest absolute Gasteiger partial charge is 0.485 e. The molecule has 0 aliphatic carbocycles. The molecule has 0 spiro atoms. The zero-order valence-corrected chi connectivity index (χ0v) is 12.3. The van der Waals surface area contributed by atoms with Crippen LogP contribution in [0.25, 0.3) is 0 Å². The lowest BCUT2D eigenvalue weighted by Crippen LogP contribution is -2.07. The number of benzene rings is 1. The Hall–Kier alpha value is -2.23. The number of nitrogens with two attached hydrogens (primary N) is 1. The number of aromatic nitrogens is 1. The molecule has 1 aromatic carbocycles. The number of aryl methyl sites for hydroxylation is 2. The predicted molar refractivity (Wildman–Crippen MR) is 80.4 cm³/mol. The van der Waals surface area contributed by atoms with Gasteiger partial charge in [-0.05, 0) is 51.0 Å².